The lowest BCUT2D eigenvalue weighted by molar-refractivity contribution is -0.143. The number of carbonyl (C=O) groups is 1. The lowest BCUT2D eigenvalue weighted by Gasteiger charge is -2.37. The fourth-order valence-corrected chi connectivity index (χ4v) is 4.05. The van der Waals surface area contributed by atoms with Crippen molar-refractivity contribution in [2.45, 2.75) is 33.3 Å². The van der Waals surface area contributed by atoms with Gasteiger partial charge in [0.25, 0.3) is 0 Å². The van der Waals surface area contributed by atoms with Crippen LogP contribution in [0.5, 0.6) is 0 Å². The van der Waals surface area contributed by atoms with Gasteiger partial charge in [0.2, 0.25) is 5.95 Å². The van der Waals surface area contributed by atoms with E-state index < -0.39 is 11.8 Å². The molecule has 2 aliphatic heterocycles. The molecule has 0 aliphatic carbocycles. The molecule has 1 aromatic carbocycles. The van der Waals surface area contributed by atoms with Gasteiger partial charge >= 0.3 is 5.97 Å². The first-order chi connectivity index (χ1) is 15.5. The summed E-state index contributed by atoms with van der Waals surface area (Å²) in [6, 6.07) is 5.08. The number of carbonyl (C=O) groups excluding carboxylic acids is 1. The van der Waals surface area contributed by atoms with E-state index in [1.807, 2.05) is 17.3 Å². The second-order valence-electron chi connectivity index (χ2n) is 8.02. The molecule has 33 heavy (non-hydrogen) atoms. The van der Waals surface area contributed by atoms with Crippen LogP contribution in [-0.2, 0) is 16.1 Å². The Labute approximate surface area is 193 Å². The molecule has 10 heteroatoms. The third kappa shape index (κ3) is 5.88. The normalized spacial score (nSPS) is 15.8. The molecule has 0 bridgehead atoms. The number of benzene rings is 1. The minimum absolute atomic E-state index is 0. The molecule has 0 amide bonds. The summed E-state index contributed by atoms with van der Waals surface area (Å²) in [7, 11) is 0. The molecular formula is C23H32FN7O2. The number of anilines is 3. The number of halogens is 1. The summed E-state index contributed by atoms with van der Waals surface area (Å²) >= 11 is 0. The average molecular weight is 458 g/mol. The number of nitrogens with zero attached hydrogens (tertiary/aromatic N) is 5. The highest BCUT2D eigenvalue weighted by Crippen LogP contribution is 2.26. The van der Waals surface area contributed by atoms with E-state index in [9.17, 15) is 4.79 Å². The molecule has 0 atom stereocenters. The molecule has 0 spiro atoms. The molecule has 2 aliphatic rings. The minimum atomic E-state index is -0.645. The van der Waals surface area contributed by atoms with Crippen molar-refractivity contribution in [3.63, 3.8) is 0 Å². The Morgan fingerprint density at radius 2 is 1.67 bits per heavy atom. The van der Waals surface area contributed by atoms with Crippen LogP contribution < -0.4 is 20.4 Å². The summed E-state index contributed by atoms with van der Waals surface area (Å²) in [5.74, 6) is -0.533. The van der Waals surface area contributed by atoms with E-state index in [4.69, 9.17) is 15.9 Å². The van der Waals surface area contributed by atoms with Crippen LogP contribution in [0.2, 0.25) is 0 Å². The molecule has 3 heterocycles. The predicted molar refractivity (Wildman–Crippen MR) is 127 cm³/mol. The molecule has 1 aromatic heterocycles. The smallest absolute Gasteiger partial charge is 0.313 e. The van der Waals surface area contributed by atoms with Crippen molar-refractivity contribution in [1.82, 2.24) is 9.97 Å². The molecule has 0 radical (unpaired) electrons. The van der Waals surface area contributed by atoms with Crippen LogP contribution in [0.3, 0.4) is 0 Å². The zero-order chi connectivity index (χ0) is 22.5. The molecule has 0 unspecified atom stereocenters. The fraction of sp³-hybridized carbons (Fsp3) is 0.478. The second-order valence-corrected chi connectivity index (χ2v) is 8.02. The Bertz CT molecular complexity index is 956. The highest BCUT2D eigenvalue weighted by molar-refractivity contribution is 5.94. The summed E-state index contributed by atoms with van der Waals surface area (Å²) in [4.78, 5) is 27.1. The van der Waals surface area contributed by atoms with Gasteiger partial charge in [0, 0.05) is 44.8 Å². The molecule has 2 saturated heterocycles. The molecule has 4 rings (SSSR count). The van der Waals surface area contributed by atoms with Crippen LogP contribution in [-0.4, -0.2) is 61.0 Å². The summed E-state index contributed by atoms with van der Waals surface area (Å²) in [5.41, 5.74) is 6.95. The van der Waals surface area contributed by atoms with E-state index in [2.05, 4.69) is 19.8 Å². The van der Waals surface area contributed by atoms with Crippen LogP contribution in [0.4, 0.5) is 21.7 Å². The Balaban J connectivity index is 0.00000306. The third-order valence-electron chi connectivity index (χ3n) is 5.78. The van der Waals surface area contributed by atoms with Gasteiger partial charge in [-0.3, -0.25) is 10.2 Å². The first-order valence-electron chi connectivity index (χ1n) is 10.8. The summed E-state index contributed by atoms with van der Waals surface area (Å²) in [5, 5.41) is 7.13. The highest BCUT2D eigenvalue weighted by Gasteiger charge is 2.22. The number of nitrogens with two attached hydrogens (primary N) is 1. The van der Waals surface area contributed by atoms with E-state index >= 15 is 4.39 Å². The lowest BCUT2D eigenvalue weighted by atomic mass is 10.1. The fourth-order valence-electron chi connectivity index (χ4n) is 4.05. The van der Waals surface area contributed by atoms with Gasteiger partial charge in [-0.05, 0) is 18.9 Å². The van der Waals surface area contributed by atoms with Gasteiger partial charge in [-0.15, -0.1) is 0 Å². The van der Waals surface area contributed by atoms with Crippen molar-refractivity contribution in [2.75, 3.05) is 54.0 Å². The number of hydrogen-bond acceptors (Lipinski definition) is 8. The van der Waals surface area contributed by atoms with Gasteiger partial charge in [0.1, 0.15) is 18.9 Å². The number of piperazine rings is 1. The van der Waals surface area contributed by atoms with E-state index in [-0.39, 0.29) is 26.3 Å². The molecule has 9 nitrogen and oxygen atoms in total. The van der Waals surface area contributed by atoms with Crippen molar-refractivity contribution < 1.29 is 13.9 Å². The number of ether oxygens (including phenoxy) is 1. The Kier molecular flexibility index (Phi) is 8.02. The highest BCUT2D eigenvalue weighted by atomic mass is 19.1. The van der Waals surface area contributed by atoms with Crippen LogP contribution in [0.15, 0.2) is 30.6 Å². The molecule has 2 aromatic rings. The van der Waals surface area contributed by atoms with E-state index in [1.165, 1.54) is 12.8 Å². The summed E-state index contributed by atoms with van der Waals surface area (Å²) in [6.07, 6.45) is 5.81. The van der Waals surface area contributed by atoms with E-state index in [0.717, 1.165) is 37.8 Å². The lowest BCUT2D eigenvalue weighted by Crippen LogP contribution is -2.47. The Morgan fingerprint density at radius 3 is 2.30 bits per heavy atom. The van der Waals surface area contributed by atoms with Crippen LogP contribution in [0.25, 0.3) is 0 Å². The van der Waals surface area contributed by atoms with Crippen LogP contribution in [0.1, 0.15) is 32.3 Å². The molecule has 2 fully saturated rings. The number of rotatable bonds is 7. The number of amidine groups is 1. The van der Waals surface area contributed by atoms with Crippen LogP contribution >= 0.6 is 0 Å². The largest absolute Gasteiger partial charge is 0.460 e. The minimum Gasteiger partial charge on any atom is -0.460 e. The van der Waals surface area contributed by atoms with Gasteiger partial charge in [0.15, 0.2) is 5.82 Å². The van der Waals surface area contributed by atoms with Crippen molar-refractivity contribution in [3.8, 4) is 0 Å². The van der Waals surface area contributed by atoms with Gasteiger partial charge in [0.05, 0.1) is 23.8 Å². The predicted octanol–water partition coefficient (Wildman–Crippen LogP) is 2.55. The number of esters is 1. The van der Waals surface area contributed by atoms with Crippen molar-refractivity contribution in [2.24, 2.45) is 5.73 Å². The number of aromatic nitrogens is 2. The SMILES string of the molecule is C.N=C(N)CC(=O)OCc1cccc(N2CCN(c3cnc(N4CCCC4)nc3)CC2)c1F. The first-order valence-corrected chi connectivity index (χ1v) is 10.8. The number of nitrogens with one attached hydrogen (secondary N) is 1. The maximum absolute atomic E-state index is 15.0. The van der Waals surface area contributed by atoms with E-state index in [1.54, 1.807) is 18.2 Å². The maximum atomic E-state index is 15.0. The standard InChI is InChI=1S/C22H28FN7O2.CH4/c23-21-16(15-32-20(31)12-19(24)25)4-3-5-18(21)29-10-8-28(9-11-29)17-13-26-22(27-14-17)30-6-1-2-7-30;/h3-5,13-14H,1-2,6-12,15H2,(H3,24,25);1H4. The average Bonchev–Trinajstić information content (AvgIpc) is 3.33. The zero-order valence-corrected chi connectivity index (χ0v) is 18.0. The summed E-state index contributed by atoms with van der Waals surface area (Å²) < 4.78 is 20.1. The number of hydrogen-bond donors (Lipinski definition) is 2. The Morgan fingerprint density at radius 1 is 1.03 bits per heavy atom. The zero-order valence-electron chi connectivity index (χ0n) is 18.0. The van der Waals surface area contributed by atoms with Crippen molar-refractivity contribution in [3.05, 3.63) is 42.0 Å². The second kappa shape index (κ2) is 10.9. The van der Waals surface area contributed by atoms with Crippen molar-refractivity contribution in [1.29, 1.82) is 5.41 Å². The first kappa shape index (κ1) is 24.2. The van der Waals surface area contributed by atoms with Crippen LogP contribution in [0, 0.1) is 11.2 Å². The summed E-state index contributed by atoms with van der Waals surface area (Å²) in [6.45, 7) is 4.59. The quantitative estimate of drug-likeness (QED) is 0.371. The van der Waals surface area contributed by atoms with Gasteiger partial charge in [-0.2, -0.15) is 0 Å². The monoisotopic (exact) mass is 457 g/mol. The topological polar surface area (TPSA) is 112 Å². The molecule has 178 valence electrons. The van der Waals surface area contributed by atoms with E-state index in [0.29, 0.717) is 24.3 Å². The third-order valence-corrected chi connectivity index (χ3v) is 5.78. The molecule has 3 N–H and O–H groups in total. The van der Waals surface area contributed by atoms with Gasteiger partial charge in [-0.1, -0.05) is 19.6 Å². The van der Waals surface area contributed by atoms with Crippen molar-refractivity contribution >= 4 is 29.1 Å². The molecule has 0 saturated carbocycles. The van der Waals surface area contributed by atoms with Gasteiger partial charge < -0.3 is 25.2 Å². The Hall–Kier alpha value is -3.43. The molecular weight excluding hydrogens is 425 g/mol. The van der Waals surface area contributed by atoms with Gasteiger partial charge in [-0.25, -0.2) is 14.4 Å². The maximum Gasteiger partial charge on any atom is 0.313 e.